The summed E-state index contributed by atoms with van der Waals surface area (Å²) < 4.78 is 7.64. The van der Waals surface area contributed by atoms with Crippen LogP contribution in [0.2, 0.25) is 45.3 Å². The van der Waals surface area contributed by atoms with E-state index in [1.165, 1.54) is 0 Å². The summed E-state index contributed by atoms with van der Waals surface area (Å²) >= 11 is 0. The third kappa shape index (κ3) is 5.10. The highest BCUT2D eigenvalue weighted by molar-refractivity contribution is 6.83. The fourth-order valence-electron chi connectivity index (χ4n) is 2.52. The van der Waals surface area contributed by atoms with Crippen molar-refractivity contribution in [3.63, 3.8) is 0 Å². The Morgan fingerprint density at radius 1 is 1.12 bits per heavy atom. The van der Waals surface area contributed by atoms with Crippen LogP contribution < -0.4 is 0 Å². The maximum atomic E-state index is 12.8. The number of rotatable bonds is 4. The highest BCUT2D eigenvalue weighted by Crippen LogP contribution is 2.26. The molecule has 0 saturated carbocycles. The van der Waals surface area contributed by atoms with Crippen molar-refractivity contribution in [1.29, 1.82) is 0 Å². The normalized spacial score (nSPS) is 12.0. The van der Waals surface area contributed by atoms with E-state index >= 15 is 0 Å². The number of esters is 1. The van der Waals surface area contributed by atoms with Crippen LogP contribution in [0.4, 0.5) is 0 Å². The second-order valence-corrected chi connectivity index (χ2v) is 19.1. The minimum Gasteiger partial charge on any atom is -0.462 e. The van der Waals surface area contributed by atoms with Crippen molar-refractivity contribution in [3.8, 4) is 11.5 Å². The molecule has 0 N–H and O–H groups in total. The van der Waals surface area contributed by atoms with Gasteiger partial charge in [0.15, 0.2) is 0 Å². The summed E-state index contributed by atoms with van der Waals surface area (Å²) in [5, 5.41) is 0.919. The number of aromatic nitrogens is 1. The van der Waals surface area contributed by atoms with Crippen molar-refractivity contribution in [1.82, 2.24) is 4.57 Å². The number of ether oxygens (including phenoxy) is 1. The van der Waals surface area contributed by atoms with Crippen LogP contribution in [-0.4, -0.2) is 33.3 Å². The Hall–Kier alpha value is -1.78. The maximum Gasteiger partial charge on any atom is 0.341 e. The molecule has 0 amide bonds. The number of carbonyl (C=O) groups excluding carboxylic acids is 1. The van der Waals surface area contributed by atoms with E-state index in [-0.39, 0.29) is 5.97 Å². The van der Waals surface area contributed by atoms with Crippen molar-refractivity contribution >= 4 is 33.0 Å². The molecule has 0 atom stereocenters. The fraction of sp³-hybridized carbons (Fsp3) is 0.450. The summed E-state index contributed by atoms with van der Waals surface area (Å²) in [6.07, 6.45) is 0. The van der Waals surface area contributed by atoms with Crippen molar-refractivity contribution in [3.05, 3.63) is 35.5 Å². The number of carbonyl (C=O) groups is 1. The quantitative estimate of drug-likeness (QED) is 0.435. The van der Waals surface area contributed by atoms with Crippen molar-refractivity contribution in [2.75, 3.05) is 6.61 Å². The van der Waals surface area contributed by atoms with Gasteiger partial charge in [0.05, 0.1) is 6.61 Å². The summed E-state index contributed by atoms with van der Waals surface area (Å²) in [5.74, 6) is 3.03. The van der Waals surface area contributed by atoms with Gasteiger partial charge in [-0.2, -0.15) is 0 Å². The summed E-state index contributed by atoms with van der Waals surface area (Å²) in [4.78, 5) is 12.8. The molecular weight excluding hydrogens is 342 g/mol. The average Bonchev–Trinajstić information content (AvgIpc) is 2.76. The number of fused-ring (bicyclic) bond motifs is 1. The van der Waals surface area contributed by atoms with Gasteiger partial charge in [0.25, 0.3) is 0 Å². The minimum atomic E-state index is -1.54. The standard InChI is InChI=1S/C20H29NO2Si2/c1-21-17-11-9-8-10-16(17)19(18(21)12-14-24(2,3)4)20(22)23-13-15-25(5,6)7/h8-11H,13,15H2,1-7H3. The molecule has 2 aromatic rings. The Bertz CT molecular complexity index is 843. The van der Waals surface area contributed by atoms with E-state index in [0.717, 1.165) is 22.6 Å². The fourth-order valence-corrected chi connectivity index (χ4v) is 3.72. The van der Waals surface area contributed by atoms with Gasteiger partial charge in [0.2, 0.25) is 0 Å². The van der Waals surface area contributed by atoms with Crippen LogP contribution in [0.25, 0.3) is 10.9 Å². The average molecular weight is 372 g/mol. The molecule has 0 bridgehead atoms. The van der Waals surface area contributed by atoms with Crippen LogP contribution in [0.3, 0.4) is 0 Å². The summed E-state index contributed by atoms with van der Waals surface area (Å²) in [7, 11) is -0.805. The zero-order valence-corrected chi connectivity index (χ0v) is 18.5. The number of hydrogen-bond donors (Lipinski definition) is 0. The van der Waals surface area contributed by atoms with E-state index in [2.05, 4.69) is 50.7 Å². The molecule has 0 aliphatic rings. The third-order valence-corrected chi connectivity index (χ3v) is 6.53. The number of nitrogens with zero attached hydrogens (tertiary/aromatic N) is 1. The van der Waals surface area contributed by atoms with Crippen LogP contribution >= 0.6 is 0 Å². The van der Waals surface area contributed by atoms with Crippen molar-refractivity contribution in [2.45, 2.75) is 45.3 Å². The lowest BCUT2D eigenvalue weighted by molar-refractivity contribution is 0.0527. The van der Waals surface area contributed by atoms with Gasteiger partial charge >= 0.3 is 5.97 Å². The Labute approximate surface area is 153 Å². The second kappa shape index (κ2) is 7.22. The highest BCUT2D eigenvalue weighted by Gasteiger charge is 2.22. The lowest BCUT2D eigenvalue weighted by atomic mass is 10.1. The van der Waals surface area contributed by atoms with Gasteiger partial charge in [-0.05, 0) is 12.1 Å². The Morgan fingerprint density at radius 2 is 1.76 bits per heavy atom. The van der Waals surface area contributed by atoms with Crippen LogP contribution in [0, 0.1) is 11.5 Å². The molecule has 1 aromatic heterocycles. The lowest BCUT2D eigenvalue weighted by Crippen LogP contribution is -2.23. The van der Waals surface area contributed by atoms with Crippen LogP contribution in [0.1, 0.15) is 16.1 Å². The Morgan fingerprint density at radius 3 is 2.36 bits per heavy atom. The smallest absolute Gasteiger partial charge is 0.341 e. The molecule has 25 heavy (non-hydrogen) atoms. The van der Waals surface area contributed by atoms with E-state index in [0.29, 0.717) is 12.2 Å². The number of hydrogen-bond acceptors (Lipinski definition) is 2. The molecule has 0 saturated heterocycles. The lowest BCUT2D eigenvalue weighted by Gasteiger charge is -2.15. The summed E-state index contributed by atoms with van der Waals surface area (Å²) in [6, 6.07) is 8.91. The predicted octanol–water partition coefficient (Wildman–Crippen LogP) is 4.90. The molecule has 0 aliphatic carbocycles. The van der Waals surface area contributed by atoms with Gasteiger partial charge in [-0.3, -0.25) is 0 Å². The molecule has 5 heteroatoms. The molecule has 3 nitrogen and oxygen atoms in total. The molecule has 1 aromatic carbocycles. The topological polar surface area (TPSA) is 31.2 Å². The zero-order valence-electron chi connectivity index (χ0n) is 16.5. The van der Waals surface area contributed by atoms with Gasteiger partial charge in [-0.15, -0.1) is 5.54 Å². The molecule has 134 valence electrons. The summed E-state index contributed by atoms with van der Waals surface area (Å²) in [5.41, 5.74) is 5.77. The number of benzene rings is 1. The van der Waals surface area contributed by atoms with Crippen LogP contribution in [0.5, 0.6) is 0 Å². The molecular formula is C20H29NO2Si2. The molecule has 0 fully saturated rings. The zero-order chi connectivity index (χ0) is 18.8. The van der Waals surface area contributed by atoms with E-state index in [4.69, 9.17) is 4.74 Å². The SMILES string of the molecule is Cn1c(C#C[Si](C)(C)C)c(C(=O)OCC[Si](C)(C)C)c2ccccc21. The van der Waals surface area contributed by atoms with Crippen molar-refractivity contribution < 1.29 is 9.53 Å². The van der Waals surface area contributed by atoms with Gasteiger partial charge < -0.3 is 9.30 Å². The maximum absolute atomic E-state index is 12.8. The minimum absolute atomic E-state index is 0.255. The molecule has 0 spiro atoms. The van der Waals surface area contributed by atoms with Gasteiger partial charge in [-0.1, -0.05) is 63.4 Å². The van der Waals surface area contributed by atoms with E-state index < -0.39 is 16.1 Å². The van der Waals surface area contributed by atoms with Crippen molar-refractivity contribution in [2.24, 2.45) is 7.05 Å². The Balaban J connectivity index is 2.45. The second-order valence-electron chi connectivity index (χ2n) is 8.75. The largest absolute Gasteiger partial charge is 0.462 e. The van der Waals surface area contributed by atoms with Crippen LogP contribution in [0.15, 0.2) is 24.3 Å². The Kier molecular flexibility index (Phi) is 5.65. The van der Waals surface area contributed by atoms with E-state index in [1.807, 2.05) is 35.9 Å². The van der Waals surface area contributed by atoms with Gasteiger partial charge in [0.1, 0.15) is 19.3 Å². The van der Waals surface area contributed by atoms with Crippen LogP contribution in [-0.2, 0) is 11.8 Å². The first-order chi connectivity index (χ1) is 11.5. The first kappa shape index (κ1) is 19.5. The molecule has 1 heterocycles. The first-order valence-corrected chi connectivity index (χ1v) is 16.0. The number of para-hydroxylation sites is 1. The molecule has 0 radical (unpaired) electrons. The molecule has 0 aliphatic heterocycles. The third-order valence-electron chi connectivity index (χ3n) is 3.95. The highest BCUT2D eigenvalue weighted by atomic mass is 28.3. The first-order valence-electron chi connectivity index (χ1n) is 8.77. The monoisotopic (exact) mass is 371 g/mol. The predicted molar refractivity (Wildman–Crippen MR) is 112 cm³/mol. The van der Waals surface area contributed by atoms with Gasteiger partial charge in [0, 0.05) is 26.0 Å². The number of aryl methyl sites for hydroxylation is 1. The van der Waals surface area contributed by atoms with Gasteiger partial charge in [-0.25, -0.2) is 4.79 Å². The summed E-state index contributed by atoms with van der Waals surface area (Å²) in [6.45, 7) is 13.9. The van der Waals surface area contributed by atoms with E-state index in [9.17, 15) is 4.79 Å². The van der Waals surface area contributed by atoms with E-state index in [1.54, 1.807) is 0 Å². The molecule has 2 rings (SSSR count). The molecule has 0 unspecified atom stereocenters.